The average Bonchev–Trinajstić information content (AvgIpc) is 2.54. The molecular weight excluding hydrogens is 311 g/mol. The normalized spacial score (nSPS) is 10.1. The lowest BCUT2D eigenvalue weighted by atomic mass is 10.1. The van der Waals surface area contributed by atoms with Crippen LogP contribution in [-0.2, 0) is 16.1 Å². The average molecular weight is 328 g/mol. The highest BCUT2D eigenvalue weighted by Gasteiger charge is 2.10. The minimum Gasteiger partial charge on any atom is -0.352 e. The van der Waals surface area contributed by atoms with E-state index in [0.29, 0.717) is 11.3 Å². The van der Waals surface area contributed by atoms with E-state index in [1.54, 1.807) is 36.4 Å². The first-order valence-corrected chi connectivity index (χ1v) is 7.36. The van der Waals surface area contributed by atoms with E-state index in [9.17, 15) is 18.8 Å². The predicted molar refractivity (Wildman–Crippen MR) is 87.9 cm³/mol. The van der Waals surface area contributed by atoms with Crippen molar-refractivity contribution in [2.24, 2.45) is 0 Å². The highest BCUT2D eigenvalue weighted by molar-refractivity contribution is 6.04. The summed E-state index contributed by atoms with van der Waals surface area (Å²) in [6.07, 6.45) is -0.342. The molecule has 2 N–H and O–H groups in total. The van der Waals surface area contributed by atoms with Gasteiger partial charge in [-0.1, -0.05) is 24.3 Å². The quantitative estimate of drug-likeness (QED) is 0.632. The third-order valence-electron chi connectivity index (χ3n) is 3.28. The van der Waals surface area contributed by atoms with Gasteiger partial charge >= 0.3 is 0 Å². The summed E-state index contributed by atoms with van der Waals surface area (Å²) in [4.78, 5) is 34.9. The van der Waals surface area contributed by atoms with E-state index in [-0.39, 0.29) is 24.6 Å². The minimum atomic E-state index is -0.479. The monoisotopic (exact) mass is 328 g/mol. The standard InChI is InChI=1S/C18H17FN2O3/c1-12(22)14-3-2-4-16(9-14)21-18(24)10-17(23)20-11-13-5-7-15(19)8-6-13/h2-9H,10-11H2,1H3,(H,20,23)(H,21,24). The number of hydrogen-bond acceptors (Lipinski definition) is 3. The minimum absolute atomic E-state index is 0.108. The molecule has 124 valence electrons. The number of carbonyl (C=O) groups excluding carboxylic acids is 3. The van der Waals surface area contributed by atoms with Gasteiger partial charge in [-0.25, -0.2) is 4.39 Å². The highest BCUT2D eigenvalue weighted by atomic mass is 19.1. The van der Waals surface area contributed by atoms with Gasteiger partial charge in [0.05, 0.1) is 0 Å². The number of benzene rings is 2. The van der Waals surface area contributed by atoms with E-state index in [1.165, 1.54) is 19.1 Å². The molecule has 0 aliphatic heterocycles. The predicted octanol–water partition coefficient (Wildman–Crippen LogP) is 2.67. The van der Waals surface area contributed by atoms with E-state index in [2.05, 4.69) is 10.6 Å². The van der Waals surface area contributed by atoms with Crippen LogP contribution in [0.4, 0.5) is 10.1 Å². The first-order chi connectivity index (χ1) is 11.4. The topological polar surface area (TPSA) is 75.3 Å². The van der Waals surface area contributed by atoms with Crippen LogP contribution in [0.25, 0.3) is 0 Å². The van der Waals surface area contributed by atoms with Crippen LogP contribution in [0.5, 0.6) is 0 Å². The number of amides is 2. The number of ketones is 1. The van der Waals surface area contributed by atoms with Gasteiger partial charge in [0, 0.05) is 17.8 Å². The Kier molecular flexibility index (Phi) is 5.78. The van der Waals surface area contributed by atoms with Crippen molar-refractivity contribution in [1.82, 2.24) is 5.32 Å². The smallest absolute Gasteiger partial charge is 0.233 e. The molecule has 0 radical (unpaired) electrons. The third-order valence-corrected chi connectivity index (χ3v) is 3.28. The summed E-state index contributed by atoms with van der Waals surface area (Å²) < 4.78 is 12.8. The molecule has 0 heterocycles. The number of halogens is 1. The van der Waals surface area contributed by atoms with Crippen LogP contribution in [-0.4, -0.2) is 17.6 Å². The molecule has 0 spiro atoms. The number of anilines is 1. The summed E-state index contributed by atoms with van der Waals surface area (Å²) in [7, 11) is 0. The summed E-state index contributed by atoms with van der Waals surface area (Å²) in [5.41, 5.74) is 1.67. The van der Waals surface area contributed by atoms with Gasteiger partial charge in [-0.15, -0.1) is 0 Å². The Morgan fingerprint density at radius 3 is 2.38 bits per heavy atom. The molecule has 2 aromatic rings. The second-order valence-electron chi connectivity index (χ2n) is 5.27. The van der Waals surface area contributed by atoms with Gasteiger partial charge in [0.25, 0.3) is 0 Å². The summed E-state index contributed by atoms with van der Waals surface area (Å²) in [5, 5.41) is 5.16. The lowest BCUT2D eigenvalue weighted by molar-refractivity contribution is -0.126. The Labute approximate surface area is 138 Å². The van der Waals surface area contributed by atoms with Crippen LogP contribution < -0.4 is 10.6 Å². The van der Waals surface area contributed by atoms with Crippen LogP contribution in [0, 0.1) is 5.82 Å². The van der Waals surface area contributed by atoms with Gasteiger partial charge in [-0.2, -0.15) is 0 Å². The maximum Gasteiger partial charge on any atom is 0.233 e. The fourth-order valence-electron chi connectivity index (χ4n) is 2.03. The summed E-state index contributed by atoms with van der Waals surface area (Å²) in [6, 6.07) is 12.2. The van der Waals surface area contributed by atoms with E-state index in [1.807, 2.05) is 0 Å². The molecule has 0 aliphatic rings. The van der Waals surface area contributed by atoms with Crippen LogP contribution in [0.3, 0.4) is 0 Å². The maximum atomic E-state index is 12.8. The molecule has 2 amide bonds. The second kappa shape index (κ2) is 8.01. The first kappa shape index (κ1) is 17.3. The van der Waals surface area contributed by atoms with Crippen molar-refractivity contribution >= 4 is 23.3 Å². The number of nitrogens with one attached hydrogen (secondary N) is 2. The Hall–Kier alpha value is -3.02. The number of Topliss-reactive ketones (excluding diaryl/α,β-unsaturated/α-hetero) is 1. The highest BCUT2D eigenvalue weighted by Crippen LogP contribution is 2.11. The zero-order chi connectivity index (χ0) is 17.5. The molecular formula is C18H17FN2O3. The van der Waals surface area contributed by atoms with Crippen LogP contribution in [0.1, 0.15) is 29.3 Å². The summed E-state index contributed by atoms with van der Waals surface area (Å²) in [6.45, 7) is 1.65. The molecule has 0 atom stereocenters. The number of hydrogen-bond donors (Lipinski definition) is 2. The van der Waals surface area contributed by atoms with Gasteiger partial charge in [0.2, 0.25) is 11.8 Å². The van der Waals surface area contributed by atoms with Crippen molar-refractivity contribution in [3.63, 3.8) is 0 Å². The molecule has 0 unspecified atom stereocenters. The van der Waals surface area contributed by atoms with Crippen molar-refractivity contribution in [2.75, 3.05) is 5.32 Å². The van der Waals surface area contributed by atoms with Crippen LogP contribution >= 0.6 is 0 Å². The Morgan fingerprint density at radius 1 is 1.00 bits per heavy atom. The molecule has 0 bridgehead atoms. The van der Waals surface area contributed by atoms with Crippen molar-refractivity contribution in [3.8, 4) is 0 Å². The van der Waals surface area contributed by atoms with Crippen molar-refractivity contribution in [3.05, 3.63) is 65.5 Å². The Balaban J connectivity index is 1.83. The van der Waals surface area contributed by atoms with Gasteiger partial charge in [-0.3, -0.25) is 14.4 Å². The largest absolute Gasteiger partial charge is 0.352 e. The zero-order valence-corrected chi connectivity index (χ0v) is 13.1. The summed E-state index contributed by atoms with van der Waals surface area (Å²) >= 11 is 0. The van der Waals surface area contributed by atoms with Gasteiger partial charge in [0.1, 0.15) is 12.2 Å². The fourth-order valence-corrected chi connectivity index (χ4v) is 2.03. The molecule has 0 saturated carbocycles. The molecule has 0 aromatic heterocycles. The van der Waals surface area contributed by atoms with Crippen molar-refractivity contribution < 1.29 is 18.8 Å². The molecule has 24 heavy (non-hydrogen) atoms. The van der Waals surface area contributed by atoms with E-state index < -0.39 is 11.8 Å². The van der Waals surface area contributed by atoms with Gasteiger partial charge < -0.3 is 10.6 Å². The molecule has 5 nitrogen and oxygen atoms in total. The summed E-state index contributed by atoms with van der Waals surface area (Å²) in [5.74, 6) is -1.38. The lowest BCUT2D eigenvalue weighted by Crippen LogP contribution is -2.27. The van der Waals surface area contributed by atoms with Gasteiger partial charge in [0.15, 0.2) is 5.78 Å². The van der Waals surface area contributed by atoms with Crippen molar-refractivity contribution in [2.45, 2.75) is 19.9 Å². The molecule has 0 aliphatic carbocycles. The second-order valence-corrected chi connectivity index (χ2v) is 5.27. The maximum absolute atomic E-state index is 12.8. The molecule has 2 rings (SSSR count). The Bertz CT molecular complexity index is 757. The van der Waals surface area contributed by atoms with E-state index >= 15 is 0 Å². The van der Waals surface area contributed by atoms with Gasteiger partial charge in [-0.05, 0) is 36.8 Å². The first-order valence-electron chi connectivity index (χ1n) is 7.36. The SMILES string of the molecule is CC(=O)c1cccc(NC(=O)CC(=O)NCc2ccc(F)cc2)c1. The van der Waals surface area contributed by atoms with E-state index in [4.69, 9.17) is 0 Å². The number of rotatable bonds is 6. The van der Waals surface area contributed by atoms with E-state index in [0.717, 1.165) is 5.56 Å². The number of carbonyl (C=O) groups is 3. The fraction of sp³-hybridized carbons (Fsp3) is 0.167. The van der Waals surface area contributed by atoms with Crippen LogP contribution in [0.2, 0.25) is 0 Å². The third kappa shape index (κ3) is 5.31. The lowest BCUT2D eigenvalue weighted by Gasteiger charge is -2.07. The molecule has 2 aromatic carbocycles. The molecule has 6 heteroatoms. The van der Waals surface area contributed by atoms with Crippen molar-refractivity contribution in [1.29, 1.82) is 0 Å². The van der Waals surface area contributed by atoms with Crippen LogP contribution in [0.15, 0.2) is 48.5 Å². The zero-order valence-electron chi connectivity index (χ0n) is 13.1. The molecule has 0 fully saturated rings. The molecule has 0 saturated heterocycles. The Morgan fingerprint density at radius 2 is 1.71 bits per heavy atom.